The van der Waals surface area contributed by atoms with Crippen molar-refractivity contribution in [1.29, 1.82) is 0 Å². The molecule has 1 aromatic carbocycles. The predicted octanol–water partition coefficient (Wildman–Crippen LogP) is 2.06. The van der Waals surface area contributed by atoms with E-state index < -0.39 is 0 Å². The molecule has 0 spiro atoms. The van der Waals surface area contributed by atoms with Crippen molar-refractivity contribution in [3.05, 3.63) is 35.7 Å². The Labute approximate surface area is 106 Å². The largest absolute Gasteiger partial charge is 0.497 e. The van der Waals surface area contributed by atoms with Crippen LogP contribution in [-0.2, 0) is 12.8 Å². The standard InChI is InChI=1S/C13H16N2O3/c1-16-10-5-3-9(12(7-10)17-2)4-6-11-8-15-13(14)18-11/h3,5,7-8H,4,6H2,1-2H3,(H2,14,15). The molecule has 0 unspecified atom stereocenters. The summed E-state index contributed by atoms with van der Waals surface area (Å²) in [6.45, 7) is 0. The fraction of sp³-hybridized carbons (Fsp3) is 0.308. The van der Waals surface area contributed by atoms with E-state index in [4.69, 9.17) is 19.6 Å². The van der Waals surface area contributed by atoms with Crippen LogP contribution in [0.5, 0.6) is 11.5 Å². The summed E-state index contributed by atoms with van der Waals surface area (Å²) in [4.78, 5) is 3.86. The normalized spacial score (nSPS) is 10.3. The number of rotatable bonds is 5. The fourth-order valence-electron chi connectivity index (χ4n) is 1.75. The molecule has 96 valence electrons. The van der Waals surface area contributed by atoms with E-state index in [1.807, 2.05) is 18.2 Å². The molecule has 1 heterocycles. The van der Waals surface area contributed by atoms with Crippen molar-refractivity contribution in [3.63, 3.8) is 0 Å². The molecule has 1 aromatic heterocycles. The van der Waals surface area contributed by atoms with Crippen LogP contribution in [-0.4, -0.2) is 19.2 Å². The van der Waals surface area contributed by atoms with Gasteiger partial charge in [0.25, 0.3) is 6.01 Å². The number of nitrogens with zero attached hydrogens (tertiary/aromatic N) is 1. The summed E-state index contributed by atoms with van der Waals surface area (Å²) in [7, 11) is 3.27. The minimum Gasteiger partial charge on any atom is -0.497 e. The van der Waals surface area contributed by atoms with E-state index in [9.17, 15) is 0 Å². The SMILES string of the molecule is COc1ccc(CCc2cnc(N)o2)c(OC)c1. The van der Waals surface area contributed by atoms with Crippen LogP contribution >= 0.6 is 0 Å². The zero-order valence-corrected chi connectivity index (χ0v) is 10.5. The number of methoxy groups -OCH3 is 2. The van der Waals surface area contributed by atoms with Gasteiger partial charge in [-0.2, -0.15) is 0 Å². The number of hydrogen-bond donors (Lipinski definition) is 1. The highest BCUT2D eigenvalue weighted by molar-refractivity contribution is 5.41. The molecule has 2 N–H and O–H groups in total. The van der Waals surface area contributed by atoms with Crippen molar-refractivity contribution >= 4 is 6.01 Å². The smallest absolute Gasteiger partial charge is 0.292 e. The van der Waals surface area contributed by atoms with Crippen molar-refractivity contribution in [2.75, 3.05) is 20.0 Å². The number of hydrogen-bond acceptors (Lipinski definition) is 5. The molecule has 0 atom stereocenters. The summed E-state index contributed by atoms with van der Waals surface area (Å²) in [6, 6.07) is 5.96. The summed E-state index contributed by atoms with van der Waals surface area (Å²) in [6.07, 6.45) is 3.17. The number of nitrogens with two attached hydrogens (primary N) is 1. The van der Waals surface area contributed by atoms with Gasteiger partial charge in [0.15, 0.2) is 0 Å². The quantitative estimate of drug-likeness (QED) is 0.877. The van der Waals surface area contributed by atoms with Gasteiger partial charge >= 0.3 is 0 Å². The van der Waals surface area contributed by atoms with Gasteiger partial charge in [-0.1, -0.05) is 6.07 Å². The lowest BCUT2D eigenvalue weighted by atomic mass is 10.1. The van der Waals surface area contributed by atoms with Crippen molar-refractivity contribution in [2.24, 2.45) is 0 Å². The number of ether oxygens (including phenoxy) is 2. The number of oxazole rings is 1. The lowest BCUT2D eigenvalue weighted by molar-refractivity contribution is 0.390. The number of benzene rings is 1. The lowest BCUT2D eigenvalue weighted by Crippen LogP contribution is -1.96. The van der Waals surface area contributed by atoms with Crippen LogP contribution in [0.25, 0.3) is 0 Å². The minimum absolute atomic E-state index is 0.201. The summed E-state index contributed by atoms with van der Waals surface area (Å²) >= 11 is 0. The average molecular weight is 248 g/mol. The van der Waals surface area contributed by atoms with Gasteiger partial charge in [0.2, 0.25) is 0 Å². The Morgan fingerprint density at radius 1 is 1.22 bits per heavy atom. The van der Waals surface area contributed by atoms with E-state index in [0.717, 1.165) is 35.7 Å². The maximum Gasteiger partial charge on any atom is 0.292 e. The van der Waals surface area contributed by atoms with Crippen LogP contribution in [0.4, 0.5) is 6.01 Å². The number of nitrogen functional groups attached to an aromatic ring is 1. The van der Waals surface area contributed by atoms with Gasteiger partial charge in [-0.3, -0.25) is 0 Å². The second kappa shape index (κ2) is 5.44. The van der Waals surface area contributed by atoms with Crippen molar-refractivity contribution < 1.29 is 13.9 Å². The summed E-state index contributed by atoms with van der Waals surface area (Å²) < 4.78 is 15.7. The Morgan fingerprint density at radius 2 is 2.06 bits per heavy atom. The molecule has 2 aromatic rings. The van der Waals surface area contributed by atoms with Crippen LogP contribution < -0.4 is 15.2 Å². The first-order valence-corrected chi connectivity index (χ1v) is 5.64. The van der Waals surface area contributed by atoms with Gasteiger partial charge in [0.05, 0.1) is 20.4 Å². The van der Waals surface area contributed by atoms with E-state index in [0.29, 0.717) is 0 Å². The zero-order chi connectivity index (χ0) is 13.0. The lowest BCUT2D eigenvalue weighted by Gasteiger charge is -2.09. The van der Waals surface area contributed by atoms with Crippen molar-refractivity contribution in [1.82, 2.24) is 4.98 Å². The Balaban J connectivity index is 2.08. The average Bonchev–Trinajstić information content (AvgIpc) is 2.82. The highest BCUT2D eigenvalue weighted by atomic mass is 16.5. The maximum absolute atomic E-state index is 5.42. The first-order chi connectivity index (χ1) is 8.72. The van der Waals surface area contributed by atoms with E-state index in [-0.39, 0.29) is 6.01 Å². The summed E-state index contributed by atoms with van der Waals surface area (Å²) in [5.41, 5.74) is 6.51. The fourth-order valence-corrected chi connectivity index (χ4v) is 1.75. The van der Waals surface area contributed by atoms with E-state index in [1.54, 1.807) is 20.4 Å². The molecule has 0 aliphatic heterocycles. The van der Waals surface area contributed by atoms with Gasteiger partial charge in [0, 0.05) is 12.5 Å². The third kappa shape index (κ3) is 2.74. The van der Waals surface area contributed by atoms with Gasteiger partial charge < -0.3 is 19.6 Å². The number of aryl methyl sites for hydroxylation is 2. The molecule has 0 fully saturated rings. The van der Waals surface area contributed by atoms with E-state index >= 15 is 0 Å². The monoisotopic (exact) mass is 248 g/mol. The minimum atomic E-state index is 0.201. The van der Waals surface area contributed by atoms with Crippen molar-refractivity contribution in [3.8, 4) is 11.5 Å². The Kier molecular flexibility index (Phi) is 3.72. The van der Waals surface area contributed by atoms with Gasteiger partial charge in [0.1, 0.15) is 17.3 Å². The number of anilines is 1. The van der Waals surface area contributed by atoms with E-state index in [1.165, 1.54) is 0 Å². The van der Waals surface area contributed by atoms with Crippen LogP contribution in [0.1, 0.15) is 11.3 Å². The first kappa shape index (κ1) is 12.3. The molecular formula is C13H16N2O3. The van der Waals surface area contributed by atoms with Gasteiger partial charge in [-0.25, -0.2) is 4.98 Å². The third-order valence-electron chi connectivity index (χ3n) is 2.71. The highest BCUT2D eigenvalue weighted by Gasteiger charge is 2.07. The van der Waals surface area contributed by atoms with Gasteiger partial charge in [-0.05, 0) is 18.1 Å². The molecule has 2 rings (SSSR count). The summed E-state index contributed by atoms with van der Waals surface area (Å²) in [5.74, 6) is 2.35. The molecule has 18 heavy (non-hydrogen) atoms. The van der Waals surface area contributed by atoms with E-state index in [2.05, 4.69) is 4.98 Å². The second-order valence-corrected chi connectivity index (χ2v) is 3.84. The molecule has 0 bridgehead atoms. The molecule has 5 heteroatoms. The molecule has 0 radical (unpaired) electrons. The van der Waals surface area contributed by atoms with Crippen LogP contribution in [0, 0.1) is 0 Å². The molecule has 0 aliphatic rings. The van der Waals surface area contributed by atoms with Gasteiger partial charge in [-0.15, -0.1) is 0 Å². The third-order valence-corrected chi connectivity index (χ3v) is 2.71. The topological polar surface area (TPSA) is 70.5 Å². The molecule has 0 amide bonds. The predicted molar refractivity (Wildman–Crippen MR) is 67.9 cm³/mol. The van der Waals surface area contributed by atoms with Crippen LogP contribution in [0.2, 0.25) is 0 Å². The van der Waals surface area contributed by atoms with Crippen LogP contribution in [0.3, 0.4) is 0 Å². The molecule has 0 aliphatic carbocycles. The molecular weight excluding hydrogens is 232 g/mol. The molecule has 0 saturated carbocycles. The highest BCUT2D eigenvalue weighted by Crippen LogP contribution is 2.25. The van der Waals surface area contributed by atoms with Crippen molar-refractivity contribution in [2.45, 2.75) is 12.8 Å². The second-order valence-electron chi connectivity index (χ2n) is 3.84. The Morgan fingerprint density at radius 3 is 2.67 bits per heavy atom. The number of aromatic nitrogens is 1. The summed E-state index contributed by atoms with van der Waals surface area (Å²) in [5, 5.41) is 0. The Hall–Kier alpha value is -2.17. The maximum atomic E-state index is 5.42. The zero-order valence-electron chi connectivity index (χ0n) is 10.5. The molecule has 5 nitrogen and oxygen atoms in total. The Bertz CT molecular complexity index is 523. The first-order valence-electron chi connectivity index (χ1n) is 5.64. The molecule has 0 saturated heterocycles. The van der Waals surface area contributed by atoms with Crippen LogP contribution in [0.15, 0.2) is 28.8 Å².